The fourth-order valence-electron chi connectivity index (χ4n) is 4.06. The Bertz CT molecular complexity index is 1040. The molecule has 4 N–H and O–H groups in total. The van der Waals surface area contributed by atoms with Gasteiger partial charge in [0.05, 0.1) is 33.1 Å². The number of carbonyl (C=O) groups is 1. The van der Waals surface area contributed by atoms with Gasteiger partial charge in [0.25, 0.3) is 0 Å². The molecule has 8 nitrogen and oxygen atoms in total. The molecular formula is C23H29N3O5. The average molecular weight is 428 g/mol. The van der Waals surface area contributed by atoms with Gasteiger partial charge in [-0.1, -0.05) is 6.07 Å². The number of ether oxygens (including phenoxy) is 3. The molecule has 0 radical (unpaired) electrons. The second-order valence-electron chi connectivity index (χ2n) is 7.31. The Morgan fingerprint density at radius 2 is 1.87 bits per heavy atom. The lowest BCUT2D eigenvalue weighted by Crippen LogP contribution is -2.26. The molecule has 8 heteroatoms. The Balaban J connectivity index is 2.36. The molecule has 0 spiro atoms. The van der Waals surface area contributed by atoms with E-state index >= 15 is 0 Å². The number of hydrogen-bond acceptors (Lipinski definition) is 7. The summed E-state index contributed by atoms with van der Waals surface area (Å²) >= 11 is 0. The van der Waals surface area contributed by atoms with Gasteiger partial charge in [0.1, 0.15) is 0 Å². The third kappa shape index (κ3) is 4.44. The number of anilines is 1. The maximum atomic E-state index is 12.9. The summed E-state index contributed by atoms with van der Waals surface area (Å²) in [4.78, 5) is 24.9. The van der Waals surface area contributed by atoms with Crippen LogP contribution in [0.25, 0.3) is 11.1 Å². The van der Waals surface area contributed by atoms with Crippen molar-refractivity contribution in [1.29, 1.82) is 0 Å². The predicted octanol–water partition coefficient (Wildman–Crippen LogP) is 2.23. The fraction of sp³-hybridized carbons (Fsp3) is 0.391. The van der Waals surface area contributed by atoms with Crippen molar-refractivity contribution in [2.24, 2.45) is 5.73 Å². The van der Waals surface area contributed by atoms with E-state index in [1.807, 2.05) is 12.1 Å². The number of methoxy groups -OCH3 is 3. The second kappa shape index (κ2) is 9.70. The van der Waals surface area contributed by atoms with E-state index in [0.717, 1.165) is 22.3 Å². The summed E-state index contributed by atoms with van der Waals surface area (Å²) in [6, 6.07) is 6.80. The summed E-state index contributed by atoms with van der Waals surface area (Å²) in [6.07, 6.45) is 1.27. The number of nitrogens with two attached hydrogens (primary N) is 1. The molecule has 2 aromatic carbocycles. The number of aryl methyl sites for hydroxylation is 1. The van der Waals surface area contributed by atoms with Gasteiger partial charge in [-0.05, 0) is 47.7 Å². The summed E-state index contributed by atoms with van der Waals surface area (Å²) in [7, 11) is 4.71. The molecular weight excluding hydrogens is 398 g/mol. The number of fused-ring (bicyclic) bond motifs is 3. The van der Waals surface area contributed by atoms with Crippen molar-refractivity contribution in [3.63, 3.8) is 0 Å². The van der Waals surface area contributed by atoms with Crippen molar-refractivity contribution >= 4 is 11.6 Å². The first kappa shape index (κ1) is 22.4. The second-order valence-corrected chi connectivity index (χ2v) is 7.31. The number of rotatable bonds is 7. The molecule has 2 aromatic rings. The molecule has 0 saturated carbocycles. The van der Waals surface area contributed by atoms with Gasteiger partial charge < -0.3 is 30.6 Å². The Morgan fingerprint density at radius 1 is 1.13 bits per heavy atom. The summed E-state index contributed by atoms with van der Waals surface area (Å²) in [5.74, 6) is 1.40. The SMILES string of the molecule is COc1cc2c(c(OC)c1OC)-c1ccc(NCCN)c(=O)cc1C(NC(C)=O)CC2. The number of nitrogens with one attached hydrogen (secondary N) is 2. The van der Waals surface area contributed by atoms with Crippen molar-refractivity contribution in [1.82, 2.24) is 5.32 Å². The lowest BCUT2D eigenvalue weighted by Gasteiger charge is -2.19. The van der Waals surface area contributed by atoms with E-state index in [1.165, 1.54) is 6.92 Å². The van der Waals surface area contributed by atoms with Crippen LogP contribution in [0.2, 0.25) is 0 Å². The van der Waals surface area contributed by atoms with Crippen LogP contribution < -0.4 is 36.0 Å². The molecule has 0 bridgehead atoms. The van der Waals surface area contributed by atoms with E-state index in [0.29, 0.717) is 48.9 Å². The largest absolute Gasteiger partial charge is 0.493 e. The number of hydrogen-bond donors (Lipinski definition) is 3. The number of carbonyl (C=O) groups excluding carboxylic acids is 1. The highest BCUT2D eigenvalue weighted by molar-refractivity contribution is 5.83. The lowest BCUT2D eigenvalue weighted by atomic mass is 9.95. The van der Waals surface area contributed by atoms with Gasteiger partial charge in [0.2, 0.25) is 17.1 Å². The van der Waals surface area contributed by atoms with Crippen molar-refractivity contribution in [3.8, 4) is 28.4 Å². The monoisotopic (exact) mass is 427 g/mol. The number of amides is 1. The highest BCUT2D eigenvalue weighted by atomic mass is 16.5. The maximum absolute atomic E-state index is 12.9. The molecule has 0 aliphatic heterocycles. The van der Waals surface area contributed by atoms with Crippen molar-refractivity contribution in [2.75, 3.05) is 39.7 Å². The molecule has 1 amide bonds. The van der Waals surface area contributed by atoms with Crippen LogP contribution in [-0.4, -0.2) is 40.3 Å². The smallest absolute Gasteiger partial charge is 0.217 e. The minimum absolute atomic E-state index is 0.163. The Morgan fingerprint density at radius 3 is 2.48 bits per heavy atom. The summed E-state index contributed by atoms with van der Waals surface area (Å²) in [5.41, 5.74) is 9.18. The van der Waals surface area contributed by atoms with Crippen LogP contribution >= 0.6 is 0 Å². The first-order chi connectivity index (χ1) is 14.9. The van der Waals surface area contributed by atoms with E-state index in [2.05, 4.69) is 10.6 Å². The van der Waals surface area contributed by atoms with Crippen molar-refractivity contribution in [3.05, 3.63) is 45.6 Å². The third-order valence-electron chi connectivity index (χ3n) is 5.38. The maximum Gasteiger partial charge on any atom is 0.217 e. The molecule has 1 aliphatic rings. The molecule has 31 heavy (non-hydrogen) atoms. The lowest BCUT2D eigenvalue weighted by molar-refractivity contribution is -0.119. The van der Waals surface area contributed by atoms with E-state index in [1.54, 1.807) is 33.5 Å². The van der Waals surface area contributed by atoms with E-state index in [9.17, 15) is 9.59 Å². The zero-order chi connectivity index (χ0) is 22.5. The molecule has 0 heterocycles. The Hall–Kier alpha value is -3.26. The standard InChI is InChI=1S/C23H29N3O5/c1-13(27)26-17-7-5-14-11-20(29-2)22(30-3)23(31-4)21(14)15-6-8-18(25-10-9-24)19(28)12-16(15)17/h6,8,11-12,17H,5,7,9-10,24H2,1-4H3,(H,25,28)(H,26,27). The minimum Gasteiger partial charge on any atom is -0.493 e. The van der Waals surface area contributed by atoms with Crippen LogP contribution in [0.4, 0.5) is 5.69 Å². The van der Waals surface area contributed by atoms with Gasteiger partial charge in [-0.3, -0.25) is 9.59 Å². The van der Waals surface area contributed by atoms with Crippen LogP contribution in [0.3, 0.4) is 0 Å². The van der Waals surface area contributed by atoms with Crippen LogP contribution in [0.1, 0.15) is 30.5 Å². The minimum atomic E-state index is -0.330. The molecule has 1 atom stereocenters. The summed E-state index contributed by atoms with van der Waals surface area (Å²) in [5, 5.41) is 6.06. The zero-order valence-electron chi connectivity index (χ0n) is 18.3. The van der Waals surface area contributed by atoms with Gasteiger partial charge >= 0.3 is 0 Å². The molecule has 166 valence electrons. The molecule has 0 aromatic heterocycles. The normalized spacial score (nSPS) is 14.5. The van der Waals surface area contributed by atoms with Crippen LogP contribution in [0.15, 0.2) is 29.1 Å². The van der Waals surface area contributed by atoms with Crippen LogP contribution in [-0.2, 0) is 11.2 Å². The highest BCUT2D eigenvalue weighted by Gasteiger charge is 2.29. The molecule has 0 fully saturated rings. The quantitative estimate of drug-likeness (QED) is 0.621. The molecule has 0 saturated heterocycles. The third-order valence-corrected chi connectivity index (χ3v) is 5.38. The Labute approximate surface area is 181 Å². The summed E-state index contributed by atoms with van der Waals surface area (Å²) in [6.45, 7) is 2.35. The molecule has 1 aliphatic carbocycles. The van der Waals surface area contributed by atoms with Gasteiger partial charge in [-0.2, -0.15) is 0 Å². The van der Waals surface area contributed by atoms with Crippen LogP contribution in [0, 0.1) is 0 Å². The fourth-order valence-corrected chi connectivity index (χ4v) is 4.06. The number of benzene rings is 1. The van der Waals surface area contributed by atoms with Gasteiger partial charge in [-0.25, -0.2) is 0 Å². The Kier molecular flexibility index (Phi) is 7.02. The summed E-state index contributed by atoms with van der Waals surface area (Å²) < 4.78 is 16.9. The van der Waals surface area contributed by atoms with Crippen molar-refractivity contribution in [2.45, 2.75) is 25.8 Å². The topological polar surface area (TPSA) is 112 Å². The van der Waals surface area contributed by atoms with Gasteiger partial charge in [0, 0.05) is 25.6 Å². The van der Waals surface area contributed by atoms with Gasteiger partial charge in [-0.15, -0.1) is 0 Å². The van der Waals surface area contributed by atoms with E-state index < -0.39 is 0 Å². The first-order valence-electron chi connectivity index (χ1n) is 10.2. The van der Waals surface area contributed by atoms with Crippen LogP contribution in [0.5, 0.6) is 17.2 Å². The molecule has 3 rings (SSSR count). The van der Waals surface area contributed by atoms with Gasteiger partial charge in [0.15, 0.2) is 11.5 Å². The predicted molar refractivity (Wildman–Crippen MR) is 120 cm³/mol. The van der Waals surface area contributed by atoms with Crippen molar-refractivity contribution < 1.29 is 19.0 Å². The van der Waals surface area contributed by atoms with E-state index in [4.69, 9.17) is 19.9 Å². The average Bonchev–Trinajstić information content (AvgIpc) is 2.99. The molecule has 1 unspecified atom stereocenters. The van der Waals surface area contributed by atoms with E-state index in [-0.39, 0.29) is 17.4 Å². The first-order valence-corrected chi connectivity index (χ1v) is 10.2. The zero-order valence-corrected chi connectivity index (χ0v) is 18.3. The highest BCUT2D eigenvalue weighted by Crippen LogP contribution is 2.50.